The zero-order chi connectivity index (χ0) is 14.1. The molecule has 5 heteroatoms. The molecule has 19 heavy (non-hydrogen) atoms. The van der Waals surface area contributed by atoms with Crippen LogP contribution in [0, 0.1) is 0 Å². The van der Waals surface area contributed by atoms with Crippen molar-refractivity contribution in [3.63, 3.8) is 0 Å². The Bertz CT molecular complexity index is 432. The summed E-state index contributed by atoms with van der Waals surface area (Å²) >= 11 is 0. The third-order valence-corrected chi connectivity index (χ3v) is 2.68. The van der Waals surface area contributed by atoms with Crippen LogP contribution in [0.5, 0.6) is 0 Å². The Hall–Kier alpha value is -1.88. The van der Waals surface area contributed by atoms with Crippen LogP contribution in [0.15, 0.2) is 24.3 Å². The van der Waals surface area contributed by atoms with Gasteiger partial charge in [0.15, 0.2) is 0 Å². The van der Waals surface area contributed by atoms with Crippen molar-refractivity contribution in [2.45, 2.75) is 26.3 Å². The van der Waals surface area contributed by atoms with Gasteiger partial charge in [0.2, 0.25) is 5.91 Å². The van der Waals surface area contributed by atoms with Crippen LogP contribution in [-0.4, -0.2) is 30.1 Å². The maximum Gasteiger partial charge on any atom is 0.307 e. The molecule has 3 N–H and O–H groups in total. The molecular formula is C14H20N2O3. The van der Waals surface area contributed by atoms with Gasteiger partial charge in [0.1, 0.15) is 0 Å². The predicted molar refractivity (Wildman–Crippen MR) is 72.8 cm³/mol. The van der Waals surface area contributed by atoms with Crippen molar-refractivity contribution >= 4 is 11.9 Å². The SMILES string of the molecule is CCNC(=O)CCNCc1ccccc1CC(=O)O. The Kier molecular flexibility index (Phi) is 6.60. The first-order valence-corrected chi connectivity index (χ1v) is 6.39. The van der Waals surface area contributed by atoms with Crippen molar-refractivity contribution in [3.8, 4) is 0 Å². The van der Waals surface area contributed by atoms with E-state index in [0.29, 0.717) is 26.1 Å². The third-order valence-electron chi connectivity index (χ3n) is 2.68. The Balaban J connectivity index is 2.40. The van der Waals surface area contributed by atoms with Crippen LogP contribution in [-0.2, 0) is 22.6 Å². The Labute approximate surface area is 113 Å². The number of carboxylic acids is 1. The molecule has 0 spiro atoms. The molecule has 1 aromatic rings. The molecular weight excluding hydrogens is 244 g/mol. The van der Waals surface area contributed by atoms with Crippen molar-refractivity contribution in [1.29, 1.82) is 0 Å². The molecule has 0 fully saturated rings. The van der Waals surface area contributed by atoms with Gasteiger partial charge in [-0.05, 0) is 18.1 Å². The summed E-state index contributed by atoms with van der Waals surface area (Å²) in [6.07, 6.45) is 0.448. The molecule has 1 rings (SSSR count). The van der Waals surface area contributed by atoms with Crippen LogP contribution in [0.4, 0.5) is 0 Å². The zero-order valence-corrected chi connectivity index (χ0v) is 11.1. The highest BCUT2D eigenvalue weighted by Crippen LogP contribution is 2.09. The zero-order valence-electron chi connectivity index (χ0n) is 11.1. The number of carbonyl (C=O) groups excluding carboxylic acids is 1. The van der Waals surface area contributed by atoms with Crippen molar-refractivity contribution in [3.05, 3.63) is 35.4 Å². The van der Waals surface area contributed by atoms with E-state index in [-0.39, 0.29) is 12.3 Å². The van der Waals surface area contributed by atoms with Gasteiger partial charge in [0, 0.05) is 26.1 Å². The molecule has 0 atom stereocenters. The van der Waals surface area contributed by atoms with Crippen LogP contribution in [0.25, 0.3) is 0 Å². The first-order valence-electron chi connectivity index (χ1n) is 6.39. The lowest BCUT2D eigenvalue weighted by Crippen LogP contribution is -2.27. The fourth-order valence-electron chi connectivity index (χ4n) is 1.78. The fourth-order valence-corrected chi connectivity index (χ4v) is 1.78. The smallest absolute Gasteiger partial charge is 0.307 e. The molecule has 0 radical (unpaired) electrons. The van der Waals surface area contributed by atoms with E-state index < -0.39 is 5.97 Å². The molecule has 0 aliphatic carbocycles. The minimum Gasteiger partial charge on any atom is -0.481 e. The second-order valence-electron chi connectivity index (χ2n) is 4.22. The van der Waals surface area contributed by atoms with E-state index in [2.05, 4.69) is 10.6 Å². The number of aliphatic carboxylic acids is 1. The maximum absolute atomic E-state index is 11.2. The highest BCUT2D eigenvalue weighted by Gasteiger charge is 2.06. The summed E-state index contributed by atoms with van der Waals surface area (Å²) in [7, 11) is 0. The normalized spacial score (nSPS) is 10.2. The largest absolute Gasteiger partial charge is 0.481 e. The van der Waals surface area contributed by atoms with Gasteiger partial charge in [-0.1, -0.05) is 24.3 Å². The molecule has 0 aliphatic rings. The van der Waals surface area contributed by atoms with E-state index in [1.165, 1.54) is 0 Å². The number of benzene rings is 1. The highest BCUT2D eigenvalue weighted by atomic mass is 16.4. The quantitative estimate of drug-likeness (QED) is 0.610. The number of hydrogen-bond donors (Lipinski definition) is 3. The van der Waals surface area contributed by atoms with Crippen LogP contribution < -0.4 is 10.6 Å². The summed E-state index contributed by atoms with van der Waals surface area (Å²) < 4.78 is 0. The van der Waals surface area contributed by atoms with Crippen molar-refractivity contribution < 1.29 is 14.7 Å². The van der Waals surface area contributed by atoms with Gasteiger partial charge in [-0.2, -0.15) is 0 Å². The van der Waals surface area contributed by atoms with Gasteiger partial charge in [0.05, 0.1) is 6.42 Å². The number of amides is 1. The number of hydrogen-bond acceptors (Lipinski definition) is 3. The monoisotopic (exact) mass is 264 g/mol. The summed E-state index contributed by atoms with van der Waals surface area (Å²) in [5, 5.41) is 14.7. The summed E-state index contributed by atoms with van der Waals surface area (Å²) in [6, 6.07) is 7.43. The van der Waals surface area contributed by atoms with Crippen molar-refractivity contribution in [1.82, 2.24) is 10.6 Å². The van der Waals surface area contributed by atoms with E-state index in [1.54, 1.807) is 0 Å². The predicted octanol–water partition coefficient (Wildman–Crippen LogP) is 0.929. The number of rotatable bonds is 8. The average Bonchev–Trinajstić information content (AvgIpc) is 2.36. The molecule has 0 aromatic heterocycles. The Morgan fingerprint density at radius 3 is 2.53 bits per heavy atom. The minimum atomic E-state index is -0.838. The van der Waals surface area contributed by atoms with E-state index in [0.717, 1.165) is 11.1 Å². The average molecular weight is 264 g/mol. The van der Waals surface area contributed by atoms with Gasteiger partial charge in [-0.15, -0.1) is 0 Å². The van der Waals surface area contributed by atoms with Crippen LogP contribution in [0.2, 0.25) is 0 Å². The Morgan fingerprint density at radius 2 is 1.89 bits per heavy atom. The van der Waals surface area contributed by atoms with Crippen molar-refractivity contribution in [2.75, 3.05) is 13.1 Å². The number of carbonyl (C=O) groups is 2. The first-order chi connectivity index (χ1) is 9.13. The number of carboxylic acid groups (broad SMARTS) is 1. The molecule has 0 saturated carbocycles. The Morgan fingerprint density at radius 1 is 1.21 bits per heavy atom. The standard InChI is InChI=1S/C14H20N2O3/c1-2-16-13(17)7-8-15-10-12-6-4-3-5-11(12)9-14(18)19/h3-6,15H,2,7-10H2,1H3,(H,16,17)(H,18,19). The molecule has 1 aromatic carbocycles. The summed E-state index contributed by atoms with van der Waals surface area (Å²) in [5.74, 6) is -0.816. The molecule has 0 aliphatic heterocycles. The van der Waals surface area contributed by atoms with E-state index in [9.17, 15) is 9.59 Å². The minimum absolute atomic E-state index is 0.0220. The lowest BCUT2D eigenvalue weighted by atomic mass is 10.0. The molecule has 104 valence electrons. The second-order valence-corrected chi connectivity index (χ2v) is 4.22. The lowest BCUT2D eigenvalue weighted by Gasteiger charge is -2.09. The maximum atomic E-state index is 11.2. The van der Waals surface area contributed by atoms with E-state index in [1.807, 2.05) is 31.2 Å². The topological polar surface area (TPSA) is 78.4 Å². The van der Waals surface area contributed by atoms with Gasteiger partial charge < -0.3 is 15.7 Å². The first kappa shape index (κ1) is 15.2. The fraction of sp³-hybridized carbons (Fsp3) is 0.429. The van der Waals surface area contributed by atoms with E-state index in [4.69, 9.17) is 5.11 Å². The van der Waals surface area contributed by atoms with Gasteiger partial charge in [-0.3, -0.25) is 9.59 Å². The van der Waals surface area contributed by atoms with Crippen LogP contribution in [0.1, 0.15) is 24.5 Å². The molecule has 0 bridgehead atoms. The highest BCUT2D eigenvalue weighted by molar-refractivity contribution is 5.75. The molecule has 0 saturated heterocycles. The molecule has 5 nitrogen and oxygen atoms in total. The molecule has 0 heterocycles. The van der Waals surface area contributed by atoms with Crippen molar-refractivity contribution in [2.24, 2.45) is 0 Å². The van der Waals surface area contributed by atoms with Gasteiger partial charge in [-0.25, -0.2) is 0 Å². The third kappa shape index (κ3) is 6.01. The summed E-state index contributed by atoms with van der Waals surface area (Å²) in [6.45, 7) is 3.67. The summed E-state index contributed by atoms with van der Waals surface area (Å²) in [4.78, 5) is 22.0. The molecule has 0 unspecified atom stereocenters. The number of nitrogens with one attached hydrogen (secondary N) is 2. The van der Waals surface area contributed by atoms with Crippen LogP contribution in [0.3, 0.4) is 0 Å². The summed E-state index contributed by atoms with van der Waals surface area (Å²) in [5.41, 5.74) is 1.77. The van der Waals surface area contributed by atoms with Crippen LogP contribution >= 0.6 is 0 Å². The second kappa shape index (κ2) is 8.26. The van der Waals surface area contributed by atoms with E-state index >= 15 is 0 Å². The van der Waals surface area contributed by atoms with Gasteiger partial charge >= 0.3 is 5.97 Å². The van der Waals surface area contributed by atoms with Gasteiger partial charge in [0.25, 0.3) is 0 Å². The molecule has 1 amide bonds. The lowest BCUT2D eigenvalue weighted by molar-refractivity contribution is -0.136.